The number of urea groups is 1. The molecule has 0 aromatic carbocycles. The number of hydrogen-bond donors (Lipinski definition) is 1. The van der Waals surface area contributed by atoms with Crippen LogP contribution in [0.1, 0.15) is 36.1 Å². The molecule has 1 aromatic heterocycles. The smallest absolute Gasteiger partial charge is 0.317 e. The maximum atomic E-state index is 11.8. The summed E-state index contributed by atoms with van der Waals surface area (Å²) in [6.07, 6.45) is 6.41. The van der Waals surface area contributed by atoms with Gasteiger partial charge in [0, 0.05) is 24.2 Å². The molecule has 0 aliphatic carbocycles. The zero-order valence-electron chi connectivity index (χ0n) is 10.2. The van der Waals surface area contributed by atoms with Crippen molar-refractivity contribution in [1.82, 2.24) is 15.2 Å². The van der Waals surface area contributed by atoms with Crippen molar-refractivity contribution < 1.29 is 4.79 Å². The van der Waals surface area contributed by atoms with E-state index >= 15 is 0 Å². The Morgan fingerprint density at radius 2 is 2.24 bits per heavy atom. The lowest BCUT2D eigenvalue weighted by atomic mass is 10.1. The summed E-state index contributed by atoms with van der Waals surface area (Å²) in [5.41, 5.74) is 0. The van der Waals surface area contributed by atoms with Crippen LogP contribution in [0.15, 0.2) is 6.20 Å². The first kappa shape index (κ1) is 12.4. The molecule has 0 saturated carbocycles. The number of amides is 2. The van der Waals surface area contributed by atoms with Gasteiger partial charge in [-0.3, -0.25) is 0 Å². The first-order valence-electron chi connectivity index (χ1n) is 6.26. The van der Waals surface area contributed by atoms with Gasteiger partial charge in [-0.1, -0.05) is 6.92 Å². The number of nitrogens with zero attached hydrogens (tertiary/aromatic N) is 2. The van der Waals surface area contributed by atoms with Crippen LogP contribution in [0.5, 0.6) is 0 Å². The van der Waals surface area contributed by atoms with Crippen molar-refractivity contribution >= 4 is 17.4 Å². The number of likely N-dealkylation sites (tertiary alicyclic amines) is 1. The van der Waals surface area contributed by atoms with E-state index in [2.05, 4.69) is 17.2 Å². The lowest BCUT2D eigenvalue weighted by Crippen LogP contribution is -2.42. The van der Waals surface area contributed by atoms with E-state index in [1.807, 2.05) is 11.1 Å². The minimum atomic E-state index is 0.0537. The van der Waals surface area contributed by atoms with Crippen molar-refractivity contribution in [3.05, 3.63) is 16.1 Å². The zero-order chi connectivity index (χ0) is 12.1. The number of carbonyl (C=O) groups is 1. The minimum Gasteiger partial charge on any atom is -0.331 e. The first-order chi connectivity index (χ1) is 8.29. The zero-order valence-corrected chi connectivity index (χ0v) is 11.1. The van der Waals surface area contributed by atoms with Crippen molar-refractivity contribution in [2.24, 2.45) is 0 Å². The summed E-state index contributed by atoms with van der Waals surface area (Å²) in [6, 6.07) is 0.0537. The predicted molar refractivity (Wildman–Crippen MR) is 69.2 cm³/mol. The lowest BCUT2D eigenvalue weighted by Gasteiger charge is -2.26. The monoisotopic (exact) mass is 253 g/mol. The Kier molecular flexibility index (Phi) is 4.36. The van der Waals surface area contributed by atoms with E-state index in [9.17, 15) is 4.79 Å². The summed E-state index contributed by atoms with van der Waals surface area (Å²) in [5, 5.41) is 3.93. The Hall–Kier alpha value is -1.10. The van der Waals surface area contributed by atoms with Crippen molar-refractivity contribution in [3.63, 3.8) is 0 Å². The second kappa shape index (κ2) is 6.00. The molecule has 0 radical (unpaired) electrons. The number of aromatic nitrogens is 1. The molecule has 2 heterocycles. The van der Waals surface area contributed by atoms with E-state index in [0.29, 0.717) is 6.54 Å². The Morgan fingerprint density at radius 3 is 2.88 bits per heavy atom. The van der Waals surface area contributed by atoms with Crippen LogP contribution < -0.4 is 5.32 Å². The second-order valence-electron chi connectivity index (χ2n) is 4.28. The third kappa shape index (κ3) is 3.43. The van der Waals surface area contributed by atoms with E-state index in [1.54, 1.807) is 11.3 Å². The van der Waals surface area contributed by atoms with Crippen molar-refractivity contribution in [2.75, 3.05) is 13.1 Å². The lowest BCUT2D eigenvalue weighted by molar-refractivity contribution is 0.186. The molecule has 1 saturated heterocycles. The Morgan fingerprint density at radius 1 is 1.47 bits per heavy atom. The van der Waals surface area contributed by atoms with E-state index in [-0.39, 0.29) is 6.03 Å². The molecule has 2 rings (SSSR count). The highest BCUT2D eigenvalue weighted by molar-refractivity contribution is 7.11. The van der Waals surface area contributed by atoms with Gasteiger partial charge in [-0.05, 0) is 25.7 Å². The molecule has 1 fully saturated rings. The Labute approximate surface area is 106 Å². The highest BCUT2D eigenvalue weighted by Crippen LogP contribution is 2.13. The molecule has 0 unspecified atom stereocenters. The van der Waals surface area contributed by atoms with Gasteiger partial charge in [-0.2, -0.15) is 0 Å². The van der Waals surface area contributed by atoms with Crippen LogP contribution in [0.3, 0.4) is 0 Å². The summed E-state index contributed by atoms with van der Waals surface area (Å²) >= 11 is 1.68. The summed E-state index contributed by atoms with van der Waals surface area (Å²) in [7, 11) is 0. The quantitative estimate of drug-likeness (QED) is 0.899. The normalized spacial score (nSPS) is 15.9. The molecule has 0 bridgehead atoms. The molecule has 1 aliphatic heterocycles. The van der Waals surface area contributed by atoms with Crippen molar-refractivity contribution in [1.29, 1.82) is 0 Å². The molecule has 0 spiro atoms. The number of nitrogens with one attached hydrogen (secondary N) is 1. The molecule has 5 heteroatoms. The van der Waals surface area contributed by atoms with E-state index in [1.165, 1.54) is 11.3 Å². The fourth-order valence-corrected chi connectivity index (χ4v) is 2.76. The van der Waals surface area contributed by atoms with Gasteiger partial charge in [0.05, 0.1) is 6.54 Å². The topological polar surface area (TPSA) is 45.2 Å². The Bertz CT molecular complexity index is 372. The van der Waals surface area contributed by atoms with E-state index < -0.39 is 0 Å². The molecule has 1 N–H and O–H groups in total. The average Bonchev–Trinajstić information content (AvgIpc) is 2.85. The summed E-state index contributed by atoms with van der Waals surface area (Å²) in [5.74, 6) is 0. The van der Waals surface area contributed by atoms with Crippen LogP contribution in [0, 0.1) is 0 Å². The van der Waals surface area contributed by atoms with E-state index in [0.717, 1.165) is 37.4 Å². The largest absolute Gasteiger partial charge is 0.331 e. The second-order valence-corrected chi connectivity index (χ2v) is 5.48. The van der Waals surface area contributed by atoms with Gasteiger partial charge in [0.1, 0.15) is 5.01 Å². The fraction of sp³-hybridized carbons (Fsp3) is 0.667. The van der Waals surface area contributed by atoms with Crippen LogP contribution in [-0.4, -0.2) is 29.0 Å². The van der Waals surface area contributed by atoms with Gasteiger partial charge in [-0.15, -0.1) is 11.3 Å². The summed E-state index contributed by atoms with van der Waals surface area (Å²) in [6.45, 7) is 4.46. The molecule has 1 aromatic rings. The maximum absolute atomic E-state index is 11.8. The van der Waals surface area contributed by atoms with Gasteiger partial charge in [0.2, 0.25) is 0 Å². The molecular formula is C12H19N3OS. The first-order valence-corrected chi connectivity index (χ1v) is 7.07. The summed E-state index contributed by atoms with van der Waals surface area (Å²) in [4.78, 5) is 19.3. The summed E-state index contributed by atoms with van der Waals surface area (Å²) < 4.78 is 0. The minimum absolute atomic E-state index is 0.0537. The molecular weight excluding hydrogens is 234 g/mol. The SMILES string of the molecule is CCc1cnc(CNC(=O)N2CCCCC2)s1. The highest BCUT2D eigenvalue weighted by atomic mass is 32.1. The van der Waals surface area contributed by atoms with Gasteiger partial charge in [0.25, 0.3) is 0 Å². The van der Waals surface area contributed by atoms with Crippen molar-refractivity contribution in [2.45, 2.75) is 39.2 Å². The number of carbonyl (C=O) groups excluding carboxylic acids is 1. The van der Waals surface area contributed by atoms with Crippen LogP contribution in [0.25, 0.3) is 0 Å². The number of piperidine rings is 1. The van der Waals surface area contributed by atoms with Crippen molar-refractivity contribution in [3.8, 4) is 0 Å². The molecule has 1 aliphatic rings. The van der Waals surface area contributed by atoms with E-state index in [4.69, 9.17) is 0 Å². The molecule has 0 atom stereocenters. The molecule has 2 amide bonds. The third-order valence-corrected chi connectivity index (χ3v) is 4.13. The van der Waals surface area contributed by atoms with Crippen LogP contribution in [-0.2, 0) is 13.0 Å². The maximum Gasteiger partial charge on any atom is 0.317 e. The number of aryl methyl sites for hydroxylation is 1. The standard InChI is InChI=1S/C12H19N3OS/c1-2-10-8-13-11(17-10)9-14-12(16)15-6-4-3-5-7-15/h8H,2-7,9H2,1H3,(H,14,16). The highest BCUT2D eigenvalue weighted by Gasteiger charge is 2.16. The number of thiazole rings is 1. The molecule has 94 valence electrons. The van der Waals surface area contributed by atoms with Crippen LogP contribution >= 0.6 is 11.3 Å². The fourth-order valence-electron chi connectivity index (χ4n) is 1.95. The average molecular weight is 253 g/mol. The predicted octanol–water partition coefficient (Wildman–Crippen LogP) is 2.40. The van der Waals surface area contributed by atoms with Gasteiger partial charge < -0.3 is 10.2 Å². The number of hydrogen-bond acceptors (Lipinski definition) is 3. The Balaban J connectivity index is 1.78. The van der Waals surface area contributed by atoms with Crippen LogP contribution in [0.4, 0.5) is 4.79 Å². The molecule has 17 heavy (non-hydrogen) atoms. The molecule has 4 nitrogen and oxygen atoms in total. The van der Waals surface area contributed by atoms with Gasteiger partial charge >= 0.3 is 6.03 Å². The number of rotatable bonds is 3. The van der Waals surface area contributed by atoms with Gasteiger partial charge in [-0.25, -0.2) is 9.78 Å². The van der Waals surface area contributed by atoms with Gasteiger partial charge in [0.15, 0.2) is 0 Å². The third-order valence-electron chi connectivity index (χ3n) is 2.98. The van der Waals surface area contributed by atoms with Crippen LogP contribution in [0.2, 0.25) is 0 Å².